The third kappa shape index (κ3) is 5.04. The third-order valence-electron chi connectivity index (χ3n) is 3.91. The fourth-order valence-electron chi connectivity index (χ4n) is 2.50. The highest BCUT2D eigenvalue weighted by atomic mass is 35.5. The molecule has 0 aliphatic heterocycles. The Balaban J connectivity index is 1.88. The van der Waals surface area contributed by atoms with E-state index in [-0.39, 0.29) is 21.9 Å². The van der Waals surface area contributed by atoms with Gasteiger partial charge in [0.25, 0.3) is 15.9 Å². The second-order valence-corrected chi connectivity index (χ2v) is 8.03. The van der Waals surface area contributed by atoms with Crippen LogP contribution in [0, 0.1) is 5.82 Å². The average molecular weight is 435 g/mol. The number of hydrogen-bond donors (Lipinski definition) is 2. The van der Waals surface area contributed by atoms with Gasteiger partial charge in [-0.1, -0.05) is 11.6 Å². The van der Waals surface area contributed by atoms with Crippen molar-refractivity contribution in [1.29, 1.82) is 0 Å². The van der Waals surface area contributed by atoms with Crippen LogP contribution in [0.3, 0.4) is 0 Å². The van der Waals surface area contributed by atoms with E-state index in [4.69, 9.17) is 16.3 Å². The summed E-state index contributed by atoms with van der Waals surface area (Å²) in [5.41, 5.74) is 0.778. The Labute approximate surface area is 172 Å². The lowest BCUT2D eigenvalue weighted by Gasteiger charge is -2.14. The number of methoxy groups -OCH3 is 1. The Morgan fingerprint density at radius 3 is 2.21 bits per heavy atom. The van der Waals surface area contributed by atoms with E-state index in [1.165, 1.54) is 49.6 Å². The minimum atomic E-state index is -4.02. The molecule has 1 amide bonds. The van der Waals surface area contributed by atoms with Crippen molar-refractivity contribution in [3.8, 4) is 5.75 Å². The molecular weight excluding hydrogens is 419 g/mol. The molecule has 2 N–H and O–H groups in total. The minimum Gasteiger partial charge on any atom is -0.495 e. The van der Waals surface area contributed by atoms with Crippen LogP contribution in [-0.2, 0) is 10.0 Å². The van der Waals surface area contributed by atoms with Gasteiger partial charge in [-0.2, -0.15) is 0 Å². The first-order valence-electron chi connectivity index (χ1n) is 8.32. The van der Waals surface area contributed by atoms with E-state index in [1.807, 2.05) is 0 Å². The number of rotatable bonds is 6. The maximum atomic E-state index is 13.0. The van der Waals surface area contributed by atoms with Gasteiger partial charge in [0.1, 0.15) is 16.5 Å². The molecule has 6 nitrogen and oxygen atoms in total. The molecule has 3 rings (SSSR count). The molecular formula is C20H16ClFN2O4S. The molecule has 0 aromatic heterocycles. The molecule has 0 bridgehead atoms. The highest BCUT2D eigenvalue weighted by Crippen LogP contribution is 2.29. The van der Waals surface area contributed by atoms with Crippen molar-refractivity contribution in [2.24, 2.45) is 0 Å². The van der Waals surface area contributed by atoms with Gasteiger partial charge in [-0.25, -0.2) is 12.8 Å². The summed E-state index contributed by atoms with van der Waals surface area (Å²) in [4.78, 5) is 12.2. The standard InChI is InChI=1S/C20H16ClFN2O4S/c1-28-18-11-10-17(23-20(25)13-2-6-15(22)7-3-13)12-19(18)29(26,27)24-16-8-4-14(21)5-9-16/h2-12,24H,1H3,(H,23,25). The van der Waals surface area contributed by atoms with E-state index < -0.39 is 21.7 Å². The Kier molecular flexibility index (Phi) is 6.05. The molecule has 0 atom stereocenters. The lowest BCUT2D eigenvalue weighted by Crippen LogP contribution is -2.16. The second kappa shape index (κ2) is 8.50. The molecule has 0 fully saturated rings. The predicted molar refractivity (Wildman–Crippen MR) is 110 cm³/mol. The topological polar surface area (TPSA) is 84.5 Å². The maximum absolute atomic E-state index is 13.0. The van der Waals surface area contributed by atoms with Crippen LogP contribution in [-0.4, -0.2) is 21.4 Å². The fraction of sp³-hybridized carbons (Fsp3) is 0.0500. The first kappa shape index (κ1) is 20.6. The third-order valence-corrected chi connectivity index (χ3v) is 5.57. The van der Waals surface area contributed by atoms with E-state index >= 15 is 0 Å². The highest BCUT2D eigenvalue weighted by Gasteiger charge is 2.21. The summed E-state index contributed by atoms with van der Waals surface area (Å²) >= 11 is 5.82. The molecule has 0 aliphatic rings. The van der Waals surface area contributed by atoms with Crippen LogP contribution in [0.25, 0.3) is 0 Å². The monoisotopic (exact) mass is 434 g/mol. The molecule has 3 aromatic carbocycles. The predicted octanol–water partition coefficient (Wildman–Crippen LogP) is 4.54. The van der Waals surface area contributed by atoms with Crippen molar-refractivity contribution in [2.45, 2.75) is 4.90 Å². The lowest BCUT2D eigenvalue weighted by atomic mass is 10.2. The zero-order valence-corrected chi connectivity index (χ0v) is 16.7. The number of carbonyl (C=O) groups excluding carboxylic acids is 1. The average Bonchev–Trinajstić information content (AvgIpc) is 2.70. The summed E-state index contributed by atoms with van der Waals surface area (Å²) in [5, 5.41) is 3.05. The van der Waals surface area contributed by atoms with Gasteiger partial charge >= 0.3 is 0 Å². The van der Waals surface area contributed by atoms with Crippen molar-refractivity contribution in [3.05, 3.63) is 83.1 Å². The summed E-state index contributed by atoms with van der Waals surface area (Å²) in [6.07, 6.45) is 0. The number of nitrogens with one attached hydrogen (secondary N) is 2. The number of anilines is 2. The molecule has 0 spiro atoms. The SMILES string of the molecule is COc1ccc(NC(=O)c2ccc(F)cc2)cc1S(=O)(=O)Nc1ccc(Cl)cc1. The summed E-state index contributed by atoms with van der Waals surface area (Å²) < 4.78 is 46.3. The number of benzene rings is 3. The van der Waals surface area contributed by atoms with Crippen LogP contribution in [0.15, 0.2) is 71.6 Å². The van der Waals surface area contributed by atoms with Gasteiger partial charge in [-0.3, -0.25) is 9.52 Å². The molecule has 0 saturated carbocycles. The van der Waals surface area contributed by atoms with Gasteiger partial charge in [0.05, 0.1) is 7.11 Å². The van der Waals surface area contributed by atoms with Gasteiger partial charge in [0.2, 0.25) is 0 Å². The van der Waals surface area contributed by atoms with Gasteiger partial charge in [-0.05, 0) is 66.7 Å². The Bertz CT molecular complexity index is 1130. The van der Waals surface area contributed by atoms with Crippen LogP contribution < -0.4 is 14.8 Å². The number of halogens is 2. The first-order chi connectivity index (χ1) is 13.8. The molecule has 0 unspecified atom stereocenters. The number of carbonyl (C=O) groups is 1. The summed E-state index contributed by atoms with van der Waals surface area (Å²) in [6, 6.07) is 15.3. The smallest absolute Gasteiger partial charge is 0.265 e. The highest BCUT2D eigenvalue weighted by molar-refractivity contribution is 7.92. The number of amides is 1. The number of ether oxygens (including phenoxy) is 1. The van der Waals surface area contributed by atoms with Crippen molar-refractivity contribution in [1.82, 2.24) is 0 Å². The fourth-order valence-corrected chi connectivity index (χ4v) is 3.88. The van der Waals surface area contributed by atoms with Crippen LogP contribution >= 0.6 is 11.6 Å². The summed E-state index contributed by atoms with van der Waals surface area (Å²) in [7, 11) is -2.68. The quantitative estimate of drug-likeness (QED) is 0.596. The zero-order chi connectivity index (χ0) is 21.0. The molecule has 9 heteroatoms. The van der Waals surface area contributed by atoms with Gasteiger partial charge in [-0.15, -0.1) is 0 Å². The normalized spacial score (nSPS) is 11.0. The van der Waals surface area contributed by atoms with Gasteiger partial charge in [0, 0.05) is 22.0 Å². The van der Waals surface area contributed by atoms with Crippen LogP contribution in [0.2, 0.25) is 5.02 Å². The maximum Gasteiger partial charge on any atom is 0.265 e. The van der Waals surface area contributed by atoms with E-state index in [9.17, 15) is 17.6 Å². The van der Waals surface area contributed by atoms with Crippen molar-refractivity contribution < 1.29 is 22.3 Å². The Hall–Kier alpha value is -3.10. The van der Waals surface area contributed by atoms with Gasteiger partial charge in [0.15, 0.2) is 0 Å². The van der Waals surface area contributed by atoms with E-state index in [0.29, 0.717) is 10.7 Å². The van der Waals surface area contributed by atoms with E-state index in [0.717, 1.165) is 12.1 Å². The number of sulfonamides is 1. The molecule has 150 valence electrons. The molecule has 0 heterocycles. The van der Waals surface area contributed by atoms with Crippen LogP contribution in [0.4, 0.5) is 15.8 Å². The molecule has 0 saturated heterocycles. The minimum absolute atomic E-state index is 0.103. The van der Waals surface area contributed by atoms with Crippen LogP contribution in [0.1, 0.15) is 10.4 Å². The van der Waals surface area contributed by atoms with Crippen molar-refractivity contribution in [3.63, 3.8) is 0 Å². The molecule has 0 aliphatic carbocycles. The Morgan fingerprint density at radius 2 is 1.59 bits per heavy atom. The van der Waals surface area contributed by atoms with E-state index in [1.54, 1.807) is 12.1 Å². The zero-order valence-electron chi connectivity index (χ0n) is 15.1. The summed E-state index contributed by atoms with van der Waals surface area (Å²) in [5.74, 6) is -0.872. The van der Waals surface area contributed by atoms with E-state index in [2.05, 4.69) is 10.0 Å². The molecule has 3 aromatic rings. The van der Waals surface area contributed by atoms with Crippen molar-refractivity contribution in [2.75, 3.05) is 17.1 Å². The lowest BCUT2D eigenvalue weighted by molar-refractivity contribution is 0.102. The number of hydrogen-bond acceptors (Lipinski definition) is 4. The first-order valence-corrected chi connectivity index (χ1v) is 10.2. The van der Waals surface area contributed by atoms with Crippen molar-refractivity contribution >= 4 is 38.9 Å². The largest absolute Gasteiger partial charge is 0.495 e. The van der Waals surface area contributed by atoms with Crippen LogP contribution in [0.5, 0.6) is 5.75 Å². The summed E-state index contributed by atoms with van der Waals surface area (Å²) in [6.45, 7) is 0. The molecule has 29 heavy (non-hydrogen) atoms. The second-order valence-electron chi connectivity index (χ2n) is 5.94. The Morgan fingerprint density at radius 1 is 0.966 bits per heavy atom. The molecule has 0 radical (unpaired) electrons. The van der Waals surface area contributed by atoms with Gasteiger partial charge < -0.3 is 10.1 Å².